The van der Waals surface area contributed by atoms with Gasteiger partial charge in [0.25, 0.3) is 0 Å². The van der Waals surface area contributed by atoms with Gasteiger partial charge in [-0.1, -0.05) is 102 Å². The van der Waals surface area contributed by atoms with Crippen LogP contribution in [0.15, 0.2) is 18.2 Å². The molecule has 1 aliphatic rings. The summed E-state index contributed by atoms with van der Waals surface area (Å²) in [6, 6.07) is 6.45. The minimum absolute atomic E-state index is 0.777. The molecular weight excluding hydrogens is 438 g/mol. The van der Waals surface area contributed by atoms with Crippen molar-refractivity contribution in [3.63, 3.8) is 0 Å². The lowest BCUT2D eigenvalue weighted by Crippen LogP contribution is -2.26. The molecule has 1 fully saturated rings. The van der Waals surface area contributed by atoms with E-state index in [4.69, 9.17) is 9.47 Å². The van der Waals surface area contributed by atoms with Gasteiger partial charge in [-0.05, 0) is 37.3 Å². The molecule has 0 atom stereocenters. The lowest BCUT2D eigenvalue weighted by molar-refractivity contribution is -0.534. The van der Waals surface area contributed by atoms with Gasteiger partial charge in [0.2, 0.25) is 5.04 Å². The number of benzene rings is 1. The van der Waals surface area contributed by atoms with Crippen molar-refractivity contribution in [3.05, 3.63) is 23.8 Å². The summed E-state index contributed by atoms with van der Waals surface area (Å²) in [6.07, 6.45) is 25.4. The quantitative estimate of drug-likeness (QED) is 0.116. The molecule has 194 valence electrons. The summed E-state index contributed by atoms with van der Waals surface area (Å²) >= 11 is 1.84. The van der Waals surface area contributed by atoms with Gasteiger partial charge < -0.3 is 9.47 Å². The Bertz CT molecular complexity index is 680. The summed E-state index contributed by atoms with van der Waals surface area (Å²) in [7, 11) is 1.75. The number of ether oxygens (including phenoxy) is 2. The summed E-state index contributed by atoms with van der Waals surface area (Å²) in [5, 5.41) is 1.36. The fraction of sp³-hybridized carbons (Fsp3) is 0.767. The molecule has 1 heterocycles. The zero-order valence-electron chi connectivity index (χ0n) is 22.5. The molecule has 3 nitrogen and oxygen atoms in total. The first kappa shape index (κ1) is 29.1. The van der Waals surface area contributed by atoms with E-state index in [9.17, 15) is 0 Å². The minimum Gasteiger partial charge on any atom is -0.493 e. The summed E-state index contributed by atoms with van der Waals surface area (Å²) in [6.45, 7) is 5.39. The zero-order valence-corrected chi connectivity index (χ0v) is 23.4. The first-order valence-corrected chi connectivity index (χ1v) is 15.5. The summed E-state index contributed by atoms with van der Waals surface area (Å²) in [5.41, 5.74) is 1.25. The van der Waals surface area contributed by atoms with Crippen LogP contribution in [-0.2, 0) is 0 Å². The highest BCUT2D eigenvalue weighted by Crippen LogP contribution is 2.30. The molecule has 34 heavy (non-hydrogen) atoms. The van der Waals surface area contributed by atoms with Crippen LogP contribution in [0.2, 0.25) is 0 Å². The Balaban J connectivity index is 1.58. The molecule has 2 rings (SSSR count). The normalized spacial score (nSPS) is 13.8. The van der Waals surface area contributed by atoms with Gasteiger partial charge >= 0.3 is 0 Å². The molecule has 1 aliphatic heterocycles. The molecular formula is C30H52NO2S+. The number of methoxy groups -OCH3 is 1. The number of hydrogen-bond donors (Lipinski definition) is 0. The third-order valence-corrected chi connectivity index (χ3v) is 7.88. The fourth-order valence-corrected chi connectivity index (χ4v) is 5.73. The van der Waals surface area contributed by atoms with Crippen LogP contribution in [0.25, 0.3) is 0 Å². The second kappa shape index (κ2) is 19.1. The first-order chi connectivity index (χ1) is 16.8. The van der Waals surface area contributed by atoms with E-state index in [1.165, 1.54) is 113 Å². The van der Waals surface area contributed by atoms with Crippen molar-refractivity contribution in [1.29, 1.82) is 0 Å². The largest absolute Gasteiger partial charge is 0.493 e. The molecule has 1 saturated heterocycles. The van der Waals surface area contributed by atoms with Gasteiger partial charge in [0, 0.05) is 12.8 Å². The number of piperidine rings is 1. The predicted molar refractivity (Wildman–Crippen MR) is 150 cm³/mol. The summed E-state index contributed by atoms with van der Waals surface area (Å²) in [4.78, 5) is 0. The highest BCUT2D eigenvalue weighted by molar-refractivity contribution is 8.13. The molecule has 1 aromatic carbocycles. The van der Waals surface area contributed by atoms with Gasteiger partial charge in [-0.15, -0.1) is 0 Å². The molecule has 4 heteroatoms. The van der Waals surface area contributed by atoms with Gasteiger partial charge in [0.1, 0.15) is 13.1 Å². The van der Waals surface area contributed by atoms with E-state index in [-0.39, 0.29) is 0 Å². The van der Waals surface area contributed by atoms with Gasteiger partial charge in [0.05, 0.1) is 19.3 Å². The van der Waals surface area contributed by atoms with E-state index in [2.05, 4.69) is 36.0 Å². The number of nitrogens with zero attached hydrogens (tertiary/aromatic N) is 1. The van der Waals surface area contributed by atoms with Crippen LogP contribution >= 0.6 is 11.8 Å². The maximum Gasteiger partial charge on any atom is 0.241 e. The van der Waals surface area contributed by atoms with Crippen molar-refractivity contribution in [3.8, 4) is 11.5 Å². The number of rotatable bonds is 18. The van der Waals surface area contributed by atoms with Crippen molar-refractivity contribution in [2.45, 2.75) is 116 Å². The molecule has 0 radical (unpaired) electrons. The average molecular weight is 491 g/mol. The number of unbranched alkanes of at least 4 members (excludes halogenated alkanes) is 13. The monoisotopic (exact) mass is 490 g/mol. The highest BCUT2D eigenvalue weighted by Gasteiger charge is 2.20. The van der Waals surface area contributed by atoms with E-state index in [1.54, 1.807) is 7.11 Å². The van der Waals surface area contributed by atoms with Crippen LogP contribution in [0.3, 0.4) is 0 Å². The smallest absolute Gasteiger partial charge is 0.241 e. The third-order valence-electron chi connectivity index (χ3n) is 7.00. The van der Waals surface area contributed by atoms with E-state index < -0.39 is 0 Å². The Labute approximate surface area is 215 Å². The minimum atomic E-state index is 0.777. The Morgan fingerprint density at radius 3 is 1.85 bits per heavy atom. The molecule has 0 amide bonds. The number of thioether (sulfide) groups is 1. The zero-order chi connectivity index (χ0) is 24.3. The maximum absolute atomic E-state index is 6.09. The van der Waals surface area contributed by atoms with Crippen molar-refractivity contribution in [2.24, 2.45) is 0 Å². The van der Waals surface area contributed by atoms with Crippen molar-refractivity contribution in [2.75, 3.05) is 33.1 Å². The van der Waals surface area contributed by atoms with E-state index in [1.807, 2.05) is 11.8 Å². The molecule has 0 bridgehead atoms. The Hall–Kier alpha value is -1.16. The average Bonchev–Trinajstić information content (AvgIpc) is 2.88. The SMILES string of the molecule is CCCCCCCCCCCCCCCCOc1ccc(C(SC)=[N+]2CCCCC2)cc1OC. The molecule has 0 aromatic heterocycles. The van der Waals surface area contributed by atoms with Crippen molar-refractivity contribution >= 4 is 16.8 Å². The van der Waals surface area contributed by atoms with Gasteiger partial charge in [-0.2, -0.15) is 0 Å². The number of hydrogen-bond acceptors (Lipinski definition) is 3. The van der Waals surface area contributed by atoms with Crippen LogP contribution in [-0.4, -0.2) is 42.7 Å². The van der Waals surface area contributed by atoms with E-state index in [0.29, 0.717) is 0 Å². The molecule has 0 N–H and O–H groups in total. The molecule has 0 spiro atoms. The van der Waals surface area contributed by atoms with Crippen LogP contribution in [0.1, 0.15) is 122 Å². The van der Waals surface area contributed by atoms with Crippen LogP contribution < -0.4 is 9.47 Å². The van der Waals surface area contributed by atoms with Crippen LogP contribution in [0.5, 0.6) is 11.5 Å². The predicted octanol–water partition coefficient (Wildman–Crippen LogP) is 8.86. The Morgan fingerprint density at radius 2 is 1.32 bits per heavy atom. The molecule has 0 aliphatic carbocycles. The third kappa shape index (κ3) is 11.5. The molecule has 1 aromatic rings. The van der Waals surface area contributed by atoms with Crippen LogP contribution in [0, 0.1) is 0 Å². The highest BCUT2D eigenvalue weighted by atomic mass is 32.2. The maximum atomic E-state index is 6.09. The molecule has 0 unspecified atom stereocenters. The van der Waals surface area contributed by atoms with E-state index in [0.717, 1.165) is 37.6 Å². The molecule has 0 saturated carbocycles. The Kier molecular flexibility index (Phi) is 16.3. The van der Waals surface area contributed by atoms with Gasteiger partial charge in [0.15, 0.2) is 11.5 Å². The second-order valence-electron chi connectivity index (χ2n) is 9.87. The van der Waals surface area contributed by atoms with Gasteiger partial charge in [-0.25, -0.2) is 4.58 Å². The topological polar surface area (TPSA) is 21.5 Å². The lowest BCUT2D eigenvalue weighted by Gasteiger charge is -2.15. The van der Waals surface area contributed by atoms with Gasteiger partial charge in [-0.3, -0.25) is 0 Å². The van der Waals surface area contributed by atoms with Crippen LogP contribution in [0.4, 0.5) is 0 Å². The summed E-state index contributed by atoms with van der Waals surface area (Å²) in [5.74, 6) is 1.73. The second-order valence-corrected chi connectivity index (χ2v) is 10.7. The van der Waals surface area contributed by atoms with Crippen molar-refractivity contribution in [1.82, 2.24) is 0 Å². The van der Waals surface area contributed by atoms with Crippen molar-refractivity contribution < 1.29 is 14.0 Å². The summed E-state index contributed by atoms with van der Waals surface area (Å²) < 4.78 is 14.3. The standard InChI is InChI=1S/C30H52NO2S/c1-4-5-6-7-8-9-10-11-12-13-14-15-16-20-25-33-28-22-21-27(26-29(28)32-2)30(34-3)31-23-18-17-19-24-31/h21-22,26H,4-20,23-25H2,1-3H3/q+1. The lowest BCUT2D eigenvalue weighted by atomic mass is 10.0. The van der Waals surface area contributed by atoms with E-state index >= 15 is 0 Å². The fourth-order valence-electron chi connectivity index (χ4n) is 4.93. The first-order valence-electron chi connectivity index (χ1n) is 14.3. The Morgan fingerprint density at radius 1 is 0.765 bits per heavy atom.